The predicted molar refractivity (Wildman–Crippen MR) is 95.7 cm³/mol. The van der Waals surface area contributed by atoms with Gasteiger partial charge in [-0.05, 0) is 77.0 Å². The van der Waals surface area contributed by atoms with Crippen LogP contribution in [0.4, 0.5) is 0 Å². The lowest BCUT2D eigenvalue weighted by Gasteiger charge is -2.02. The van der Waals surface area contributed by atoms with Crippen LogP contribution in [0.3, 0.4) is 0 Å². The van der Waals surface area contributed by atoms with E-state index in [1.807, 2.05) is 25.1 Å². The van der Waals surface area contributed by atoms with Gasteiger partial charge in [-0.3, -0.25) is 0 Å². The Bertz CT molecular complexity index is 890. The molecule has 5 heteroatoms. The highest BCUT2D eigenvalue weighted by atomic mass is 127. The molecular weight excluding hydrogens is 403 g/mol. The van der Waals surface area contributed by atoms with Crippen LogP contribution in [0.5, 0.6) is 0 Å². The number of nitrogens with zero attached hydrogens (tertiary/aromatic N) is 2. The molecule has 0 radical (unpaired) electrons. The number of aliphatic imine (C=N–C) groups is 1. The highest BCUT2D eigenvalue weighted by Crippen LogP contribution is 2.21. The Kier molecular flexibility index (Phi) is 4.26. The quantitative estimate of drug-likeness (QED) is 0.427. The molecule has 112 valence electrons. The predicted octanol–water partition coefficient (Wildman–Crippen LogP) is 3.82. The monoisotopic (exact) mass is 414 g/mol. The molecule has 4 nitrogen and oxygen atoms in total. The fraction of sp³-hybridized carbons (Fsp3) is 0.0556. The topological polar surface area (TPSA) is 62.5 Å². The maximum Gasteiger partial charge on any atom is 0.363 e. The summed E-state index contributed by atoms with van der Waals surface area (Å²) in [6.07, 6.45) is 1.65. The first-order valence-corrected chi connectivity index (χ1v) is 7.94. The van der Waals surface area contributed by atoms with E-state index in [4.69, 9.17) is 10.00 Å². The highest BCUT2D eigenvalue weighted by Gasteiger charge is 2.24. The van der Waals surface area contributed by atoms with Crippen molar-refractivity contribution >= 4 is 40.5 Å². The molecule has 1 aliphatic rings. The Morgan fingerprint density at radius 2 is 1.96 bits per heavy atom. The number of ether oxygens (including phenoxy) is 1. The lowest BCUT2D eigenvalue weighted by atomic mass is 10.1. The van der Waals surface area contributed by atoms with Gasteiger partial charge in [-0.1, -0.05) is 12.1 Å². The molecular formula is C18H11IN2O2. The molecule has 0 saturated carbocycles. The fourth-order valence-corrected chi connectivity index (χ4v) is 2.46. The number of cyclic esters (lactones) is 1. The molecule has 0 unspecified atom stereocenters. The lowest BCUT2D eigenvalue weighted by Crippen LogP contribution is -2.05. The SMILES string of the molecule is Cc1cc(C2=N/C(=C\c3ccc(C#N)cc3)C(=O)O2)ccc1I. The van der Waals surface area contributed by atoms with E-state index in [1.165, 1.54) is 0 Å². The maximum absolute atomic E-state index is 12.0. The number of esters is 1. The van der Waals surface area contributed by atoms with Crippen LogP contribution in [-0.2, 0) is 9.53 Å². The minimum Gasteiger partial charge on any atom is -0.402 e. The van der Waals surface area contributed by atoms with E-state index in [2.05, 4.69) is 33.7 Å². The van der Waals surface area contributed by atoms with Crippen molar-refractivity contribution in [3.05, 3.63) is 74.0 Å². The van der Waals surface area contributed by atoms with E-state index in [1.54, 1.807) is 30.3 Å². The lowest BCUT2D eigenvalue weighted by molar-refractivity contribution is -0.129. The van der Waals surface area contributed by atoms with Crippen LogP contribution >= 0.6 is 22.6 Å². The average Bonchev–Trinajstić information content (AvgIpc) is 2.92. The van der Waals surface area contributed by atoms with E-state index < -0.39 is 5.97 Å². The van der Waals surface area contributed by atoms with Gasteiger partial charge in [0.05, 0.1) is 11.6 Å². The number of aryl methyl sites for hydroxylation is 1. The summed E-state index contributed by atoms with van der Waals surface area (Å²) < 4.78 is 6.40. The third-order valence-corrected chi connectivity index (χ3v) is 4.58. The molecule has 3 rings (SSSR count). The number of carbonyl (C=O) groups is 1. The molecule has 0 fully saturated rings. The highest BCUT2D eigenvalue weighted by molar-refractivity contribution is 14.1. The number of hydrogen-bond donors (Lipinski definition) is 0. The number of carbonyl (C=O) groups excluding carboxylic acids is 1. The standard InChI is InChI=1S/C18H11IN2O2/c1-11-8-14(6-7-15(11)19)17-21-16(18(22)23-17)9-12-2-4-13(10-20)5-3-12/h2-9H,1H3/b16-9-. The van der Waals surface area contributed by atoms with Crippen LogP contribution in [0, 0.1) is 21.8 Å². The van der Waals surface area contributed by atoms with Crippen molar-refractivity contribution < 1.29 is 9.53 Å². The smallest absolute Gasteiger partial charge is 0.363 e. The Labute approximate surface area is 147 Å². The van der Waals surface area contributed by atoms with Crippen molar-refractivity contribution in [1.82, 2.24) is 0 Å². The van der Waals surface area contributed by atoms with Gasteiger partial charge in [0.2, 0.25) is 5.90 Å². The first kappa shape index (κ1) is 15.4. The van der Waals surface area contributed by atoms with Crippen LogP contribution in [0.25, 0.3) is 6.08 Å². The van der Waals surface area contributed by atoms with Crippen LogP contribution in [0.2, 0.25) is 0 Å². The first-order valence-electron chi connectivity index (χ1n) is 6.86. The van der Waals surface area contributed by atoms with E-state index in [0.717, 1.165) is 20.3 Å². The number of nitriles is 1. The van der Waals surface area contributed by atoms with Gasteiger partial charge in [-0.15, -0.1) is 0 Å². The molecule has 2 aromatic carbocycles. The van der Waals surface area contributed by atoms with Crippen molar-refractivity contribution in [3.63, 3.8) is 0 Å². The van der Waals surface area contributed by atoms with Gasteiger partial charge in [-0.2, -0.15) is 5.26 Å². The minimum atomic E-state index is -0.472. The van der Waals surface area contributed by atoms with E-state index in [0.29, 0.717) is 11.5 Å². The van der Waals surface area contributed by atoms with Crippen molar-refractivity contribution in [1.29, 1.82) is 5.26 Å². The summed E-state index contributed by atoms with van der Waals surface area (Å²) >= 11 is 2.25. The normalized spacial score (nSPS) is 15.3. The van der Waals surface area contributed by atoms with Crippen molar-refractivity contribution in [3.8, 4) is 6.07 Å². The van der Waals surface area contributed by atoms with Gasteiger partial charge in [-0.25, -0.2) is 9.79 Å². The number of benzene rings is 2. The van der Waals surface area contributed by atoms with Gasteiger partial charge in [0, 0.05) is 9.13 Å². The average molecular weight is 414 g/mol. The summed E-state index contributed by atoms with van der Waals surface area (Å²) in [5, 5.41) is 8.80. The van der Waals surface area contributed by atoms with Crippen LogP contribution < -0.4 is 0 Å². The maximum atomic E-state index is 12.0. The van der Waals surface area contributed by atoms with Gasteiger partial charge >= 0.3 is 5.97 Å². The van der Waals surface area contributed by atoms with E-state index >= 15 is 0 Å². The second-order valence-electron chi connectivity index (χ2n) is 5.03. The third-order valence-electron chi connectivity index (χ3n) is 3.37. The van der Waals surface area contributed by atoms with Gasteiger partial charge in [0.25, 0.3) is 0 Å². The van der Waals surface area contributed by atoms with Crippen molar-refractivity contribution in [2.45, 2.75) is 6.92 Å². The van der Waals surface area contributed by atoms with Crippen molar-refractivity contribution in [2.24, 2.45) is 4.99 Å². The van der Waals surface area contributed by atoms with E-state index in [9.17, 15) is 4.79 Å². The van der Waals surface area contributed by atoms with Gasteiger partial charge in [0.15, 0.2) is 5.70 Å². The second kappa shape index (κ2) is 6.34. The Balaban J connectivity index is 1.92. The zero-order chi connectivity index (χ0) is 16.4. The molecule has 0 aromatic heterocycles. The summed E-state index contributed by atoms with van der Waals surface area (Å²) in [5.74, 6) is -0.157. The number of hydrogen-bond acceptors (Lipinski definition) is 4. The summed E-state index contributed by atoms with van der Waals surface area (Å²) in [6.45, 7) is 2.00. The van der Waals surface area contributed by atoms with Crippen LogP contribution in [0.15, 0.2) is 53.2 Å². The first-order chi connectivity index (χ1) is 11.1. The largest absolute Gasteiger partial charge is 0.402 e. The Hall–Kier alpha value is -2.46. The summed E-state index contributed by atoms with van der Waals surface area (Å²) in [5.41, 5.74) is 3.49. The van der Waals surface area contributed by atoms with Crippen LogP contribution in [-0.4, -0.2) is 11.9 Å². The number of halogens is 1. The Morgan fingerprint density at radius 3 is 2.61 bits per heavy atom. The fourth-order valence-electron chi connectivity index (χ4n) is 2.12. The molecule has 2 aromatic rings. The summed E-state index contributed by atoms with van der Waals surface area (Å²) in [7, 11) is 0. The second-order valence-corrected chi connectivity index (χ2v) is 6.20. The Morgan fingerprint density at radius 1 is 1.22 bits per heavy atom. The zero-order valence-electron chi connectivity index (χ0n) is 12.2. The molecule has 23 heavy (non-hydrogen) atoms. The van der Waals surface area contributed by atoms with Crippen LogP contribution in [0.1, 0.15) is 22.3 Å². The number of rotatable bonds is 2. The van der Waals surface area contributed by atoms with E-state index in [-0.39, 0.29) is 5.70 Å². The molecule has 0 bridgehead atoms. The molecule has 1 heterocycles. The molecule has 0 amide bonds. The summed E-state index contributed by atoms with van der Waals surface area (Å²) in [6, 6.07) is 14.8. The molecule has 0 saturated heterocycles. The third kappa shape index (κ3) is 3.32. The molecule has 0 atom stereocenters. The molecule has 0 spiro atoms. The zero-order valence-corrected chi connectivity index (χ0v) is 14.4. The van der Waals surface area contributed by atoms with Gasteiger partial charge < -0.3 is 4.74 Å². The van der Waals surface area contributed by atoms with Gasteiger partial charge in [0.1, 0.15) is 0 Å². The summed E-state index contributed by atoms with van der Waals surface area (Å²) in [4.78, 5) is 16.3. The van der Waals surface area contributed by atoms with Crippen molar-refractivity contribution in [2.75, 3.05) is 0 Å². The molecule has 0 aliphatic carbocycles. The minimum absolute atomic E-state index is 0.251. The molecule has 1 aliphatic heterocycles. The molecule has 0 N–H and O–H groups in total.